The zero-order valence-electron chi connectivity index (χ0n) is 14.0. The van der Waals surface area contributed by atoms with Gasteiger partial charge in [-0.3, -0.25) is 4.90 Å². The van der Waals surface area contributed by atoms with E-state index in [2.05, 4.69) is 25.2 Å². The molecule has 2 rings (SSSR count). The first-order chi connectivity index (χ1) is 11.1. The molecule has 4 heteroatoms. The van der Waals surface area contributed by atoms with Crippen LogP contribution in [-0.2, 0) is 0 Å². The van der Waals surface area contributed by atoms with Crippen molar-refractivity contribution >= 4 is 11.7 Å². The van der Waals surface area contributed by atoms with E-state index in [9.17, 15) is 4.79 Å². The number of anilines is 1. The van der Waals surface area contributed by atoms with Crippen LogP contribution in [-0.4, -0.2) is 26.2 Å². The van der Waals surface area contributed by atoms with Crippen molar-refractivity contribution in [1.29, 1.82) is 0 Å². The van der Waals surface area contributed by atoms with Gasteiger partial charge in [0.1, 0.15) is 12.4 Å². The summed E-state index contributed by atoms with van der Waals surface area (Å²) in [6, 6.07) is 17.4. The highest BCUT2D eigenvalue weighted by Crippen LogP contribution is 2.25. The van der Waals surface area contributed by atoms with Crippen molar-refractivity contribution in [3.63, 3.8) is 0 Å². The summed E-state index contributed by atoms with van der Waals surface area (Å²) in [5.41, 5.74) is 2.04. The molecular formula is C19H24N2O2. The summed E-state index contributed by atoms with van der Waals surface area (Å²) in [5.74, 6) is 1.29. The van der Waals surface area contributed by atoms with Crippen molar-refractivity contribution in [3.05, 3.63) is 60.2 Å². The minimum atomic E-state index is -0.142. The third kappa shape index (κ3) is 4.74. The molecule has 0 fully saturated rings. The van der Waals surface area contributed by atoms with Crippen LogP contribution in [0.1, 0.15) is 25.3 Å². The molecule has 2 amide bonds. The maximum Gasteiger partial charge on any atom is 0.321 e. The molecule has 2 aromatic rings. The number of carbonyl (C=O) groups is 1. The maximum absolute atomic E-state index is 12.1. The number of nitrogens with zero attached hydrogens (tertiary/aromatic N) is 1. The van der Waals surface area contributed by atoms with Crippen LogP contribution in [0, 0.1) is 0 Å². The van der Waals surface area contributed by atoms with Gasteiger partial charge in [-0.05, 0) is 29.7 Å². The van der Waals surface area contributed by atoms with Gasteiger partial charge in [0, 0.05) is 12.7 Å². The zero-order chi connectivity index (χ0) is 16.7. The van der Waals surface area contributed by atoms with E-state index in [0.29, 0.717) is 19.1 Å². The fraction of sp³-hybridized carbons (Fsp3) is 0.316. The van der Waals surface area contributed by atoms with E-state index in [0.717, 1.165) is 11.4 Å². The van der Waals surface area contributed by atoms with Crippen LogP contribution in [0.5, 0.6) is 5.75 Å². The number of hydrogen-bond acceptors (Lipinski definition) is 2. The molecule has 0 heterocycles. The SMILES string of the molecule is CC(C)c1ccccc1OCCNC(=O)N(C)c1ccccc1. The van der Waals surface area contributed by atoms with E-state index in [-0.39, 0.29) is 6.03 Å². The number of ether oxygens (including phenoxy) is 1. The lowest BCUT2D eigenvalue weighted by Crippen LogP contribution is -2.39. The van der Waals surface area contributed by atoms with E-state index in [1.165, 1.54) is 5.56 Å². The molecule has 1 N–H and O–H groups in total. The van der Waals surface area contributed by atoms with Crippen LogP contribution < -0.4 is 15.0 Å². The summed E-state index contributed by atoms with van der Waals surface area (Å²) in [6.45, 7) is 5.18. The average Bonchev–Trinajstić information content (AvgIpc) is 2.58. The molecule has 2 aromatic carbocycles. The second kappa shape index (κ2) is 8.22. The molecule has 0 aliphatic heterocycles. The average molecular weight is 312 g/mol. The lowest BCUT2D eigenvalue weighted by atomic mass is 10.0. The molecule has 0 spiro atoms. The van der Waals surface area contributed by atoms with Gasteiger partial charge in [0.05, 0.1) is 6.54 Å². The van der Waals surface area contributed by atoms with E-state index in [1.807, 2.05) is 48.5 Å². The third-order valence-electron chi connectivity index (χ3n) is 3.63. The van der Waals surface area contributed by atoms with Gasteiger partial charge < -0.3 is 10.1 Å². The van der Waals surface area contributed by atoms with E-state index < -0.39 is 0 Å². The van der Waals surface area contributed by atoms with Crippen molar-refractivity contribution in [2.75, 3.05) is 25.1 Å². The van der Waals surface area contributed by atoms with Gasteiger partial charge in [-0.15, -0.1) is 0 Å². The Morgan fingerprint density at radius 3 is 2.43 bits per heavy atom. The Bertz CT molecular complexity index is 626. The zero-order valence-corrected chi connectivity index (χ0v) is 14.0. The Morgan fingerprint density at radius 2 is 1.74 bits per heavy atom. The summed E-state index contributed by atoms with van der Waals surface area (Å²) in [7, 11) is 1.75. The lowest BCUT2D eigenvalue weighted by Gasteiger charge is -2.18. The molecule has 23 heavy (non-hydrogen) atoms. The number of nitrogens with one attached hydrogen (secondary N) is 1. The number of amides is 2. The van der Waals surface area contributed by atoms with Gasteiger partial charge in [0.15, 0.2) is 0 Å². The second-order valence-electron chi connectivity index (χ2n) is 5.67. The van der Waals surface area contributed by atoms with Crippen LogP contribution in [0.3, 0.4) is 0 Å². The minimum Gasteiger partial charge on any atom is -0.491 e. The highest BCUT2D eigenvalue weighted by Gasteiger charge is 2.10. The Balaban J connectivity index is 1.81. The standard InChI is InChI=1S/C19H24N2O2/c1-15(2)17-11-7-8-12-18(17)23-14-13-20-19(22)21(3)16-9-5-4-6-10-16/h4-12,15H,13-14H2,1-3H3,(H,20,22). The molecule has 0 saturated carbocycles. The van der Waals surface area contributed by atoms with Crippen molar-refractivity contribution in [2.24, 2.45) is 0 Å². The Hall–Kier alpha value is -2.49. The summed E-state index contributed by atoms with van der Waals surface area (Å²) in [5, 5.41) is 2.86. The molecule has 0 aromatic heterocycles. The van der Waals surface area contributed by atoms with Crippen LogP contribution in [0.15, 0.2) is 54.6 Å². The Morgan fingerprint density at radius 1 is 1.09 bits per heavy atom. The van der Waals surface area contributed by atoms with Crippen LogP contribution in [0.4, 0.5) is 10.5 Å². The van der Waals surface area contributed by atoms with Crippen molar-refractivity contribution < 1.29 is 9.53 Å². The van der Waals surface area contributed by atoms with Crippen LogP contribution in [0.25, 0.3) is 0 Å². The quantitative estimate of drug-likeness (QED) is 0.818. The van der Waals surface area contributed by atoms with Crippen LogP contribution >= 0.6 is 0 Å². The molecule has 4 nitrogen and oxygen atoms in total. The first kappa shape index (κ1) is 16.9. The molecule has 0 atom stereocenters. The molecule has 0 aliphatic rings. The van der Waals surface area contributed by atoms with Gasteiger partial charge in [-0.1, -0.05) is 50.2 Å². The maximum atomic E-state index is 12.1. The number of hydrogen-bond donors (Lipinski definition) is 1. The van der Waals surface area contributed by atoms with Gasteiger partial charge >= 0.3 is 6.03 Å². The number of para-hydroxylation sites is 2. The van der Waals surface area contributed by atoms with Gasteiger partial charge in [-0.2, -0.15) is 0 Å². The highest BCUT2D eigenvalue weighted by atomic mass is 16.5. The number of rotatable bonds is 6. The topological polar surface area (TPSA) is 41.6 Å². The smallest absolute Gasteiger partial charge is 0.321 e. The van der Waals surface area contributed by atoms with Crippen molar-refractivity contribution in [1.82, 2.24) is 5.32 Å². The molecule has 0 bridgehead atoms. The number of benzene rings is 2. The number of urea groups is 1. The summed E-state index contributed by atoms with van der Waals surface area (Å²) < 4.78 is 5.80. The first-order valence-corrected chi connectivity index (χ1v) is 7.88. The fourth-order valence-corrected chi connectivity index (χ4v) is 2.30. The van der Waals surface area contributed by atoms with Crippen molar-refractivity contribution in [2.45, 2.75) is 19.8 Å². The molecule has 0 radical (unpaired) electrons. The highest BCUT2D eigenvalue weighted by molar-refractivity contribution is 5.91. The minimum absolute atomic E-state index is 0.142. The second-order valence-corrected chi connectivity index (χ2v) is 5.67. The van der Waals surface area contributed by atoms with E-state index in [1.54, 1.807) is 11.9 Å². The fourth-order valence-electron chi connectivity index (χ4n) is 2.30. The Labute approximate surface area is 138 Å². The van der Waals surface area contributed by atoms with Crippen molar-refractivity contribution in [3.8, 4) is 5.75 Å². The molecule has 0 saturated heterocycles. The molecule has 0 aliphatic carbocycles. The largest absolute Gasteiger partial charge is 0.491 e. The first-order valence-electron chi connectivity index (χ1n) is 7.88. The van der Waals surface area contributed by atoms with Crippen LogP contribution in [0.2, 0.25) is 0 Å². The molecule has 0 unspecified atom stereocenters. The van der Waals surface area contributed by atoms with Gasteiger partial charge in [-0.25, -0.2) is 4.79 Å². The summed E-state index contributed by atoms with van der Waals surface area (Å²) >= 11 is 0. The van der Waals surface area contributed by atoms with E-state index in [4.69, 9.17) is 4.74 Å². The van der Waals surface area contributed by atoms with Gasteiger partial charge in [0.25, 0.3) is 0 Å². The predicted octanol–water partition coefficient (Wildman–Crippen LogP) is 4.03. The molecule has 122 valence electrons. The van der Waals surface area contributed by atoms with Gasteiger partial charge in [0.2, 0.25) is 0 Å². The normalized spacial score (nSPS) is 10.4. The lowest BCUT2D eigenvalue weighted by molar-refractivity contribution is 0.242. The predicted molar refractivity (Wildman–Crippen MR) is 94.3 cm³/mol. The molecular weight excluding hydrogens is 288 g/mol. The summed E-state index contributed by atoms with van der Waals surface area (Å²) in [4.78, 5) is 13.7. The third-order valence-corrected chi connectivity index (χ3v) is 3.63. The summed E-state index contributed by atoms with van der Waals surface area (Å²) in [6.07, 6.45) is 0. The Kier molecular flexibility index (Phi) is 6.03. The monoisotopic (exact) mass is 312 g/mol. The number of carbonyl (C=O) groups excluding carboxylic acids is 1. The van der Waals surface area contributed by atoms with E-state index >= 15 is 0 Å².